The van der Waals surface area contributed by atoms with E-state index in [2.05, 4.69) is 10.6 Å². The largest absolute Gasteiger partial charge is 0.351 e. The fourth-order valence-corrected chi connectivity index (χ4v) is 2.18. The number of nitrogens with one attached hydrogen (secondary N) is 2. The van der Waals surface area contributed by atoms with E-state index < -0.39 is 23.0 Å². The Morgan fingerprint density at radius 3 is 2.42 bits per heavy atom. The standard InChI is InChI=1S/C19H21FN2O2/c1-13-6-4-7-14(10-13)12-21-17(23)19(2,3)18(24)22-16-9-5-8-15(20)11-16/h4-11H,12H2,1-3H3,(H,21,23)(H,22,24). The van der Waals surface area contributed by atoms with Crippen LogP contribution in [0.5, 0.6) is 0 Å². The lowest BCUT2D eigenvalue weighted by Gasteiger charge is -2.23. The molecule has 24 heavy (non-hydrogen) atoms. The third-order valence-electron chi connectivity index (χ3n) is 3.75. The summed E-state index contributed by atoms with van der Waals surface area (Å²) in [5.74, 6) is -1.33. The highest BCUT2D eigenvalue weighted by Crippen LogP contribution is 2.20. The lowest BCUT2D eigenvalue weighted by Crippen LogP contribution is -2.44. The highest BCUT2D eigenvalue weighted by molar-refractivity contribution is 6.09. The van der Waals surface area contributed by atoms with Gasteiger partial charge in [-0.1, -0.05) is 35.9 Å². The SMILES string of the molecule is Cc1cccc(CNC(=O)C(C)(C)C(=O)Nc2cccc(F)c2)c1. The number of halogens is 1. The molecule has 2 aromatic rings. The van der Waals surface area contributed by atoms with Crippen LogP contribution in [0.3, 0.4) is 0 Å². The Balaban J connectivity index is 1.99. The van der Waals surface area contributed by atoms with Crippen molar-refractivity contribution in [2.24, 2.45) is 5.41 Å². The smallest absolute Gasteiger partial charge is 0.239 e. The third-order valence-corrected chi connectivity index (χ3v) is 3.75. The van der Waals surface area contributed by atoms with Crippen LogP contribution in [-0.4, -0.2) is 11.8 Å². The maximum Gasteiger partial charge on any atom is 0.239 e. The molecule has 0 aliphatic heterocycles. The van der Waals surface area contributed by atoms with E-state index in [0.717, 1.165) is 11.1 Å². The molecule has 126 valence electrons. The van der Waals surface area contributed by atoms with Gasteiger partial charge in [0.05, 0.1) is 0 Å². The molecule has 2 amide bonds. The summed E-state index contributed by atoms with van der Waals surface area (Å²) in [4.78, 5) is 24.7. The number of hydrogen-bond donors (Lipinski definition) is 2. The molecule has 0 spiro atoms. The minimum absolute atomic E-state index is 0.319. The fraction of sp³-hybridized carbons (Fsp3) is 0.263. The molecule has 0 heterocycles. The number of amides is 2. The fourth-order valence-electron chi connectivity index (χ4n) is 2.18. The molecule has 2 rings (SSSR count). The number of hydrogen-bond acceptors (Lipinski definition) is 2. The average molecular weight is 328 g/mol. The molecule has 0 bridgehead atoms. The van der Waals surface area contributed by atoms with Gasteiger partial charge in [0.25, 0.3) is 0 Å². The zero-order valence-corrected chi connectivity index (χ0v) is 14.0. The van der Waals surface area contributed by atoms with Gasteiger partial charge in [-0.05, 0) is 44.5 Å². The van der Waals surface area contributed by atoms with E-state index in [9.17, 15) is 14.0 Å². The summed E-state index contributed by atoms with van der Waals surface area (Å²) < 4.78 is 13.2. The van der Waals surface area contributed by atoms with Crippen LogP contribution in [0.4, 0.5) is 10.1 Å². The van der Waals surface area contributed by atoms with Crippen molar-refractivity contribution in [3.8, 4) is 0 Å². The number of carbonyl (C=O) groups is 2. The first-order chi connectivity index (χ1) is 11.3. The Labute approximate surface area is 141 Å². The van der Waals surface area contributed by atoms with E-state index in [1.54, 1.807) is 6.07 Å². The predicted octanol–water partition coefficient (Wildman–Crippen LogP) is 3.42. The number of benzene rings is 2. The van der Waals surface area contributed by atoms with Crippen molar-refractivity contribution in [1.29, 1.82) is 0 Å². The van der Waals surface area contributed by atoms with Crippen LogP contribution in [0.1, 0.15) is 25.0 Å². The topological polar surface area (TPSA) is 58.2 Å². The number of rotatable bonds is 5. The molecule has 2 N–H and O–H groups in total. The van der Waals surface area contributed by atoms with Gasteiger partial charge in [0.1, 0.15) is 11.2 Å². The summed E-state index contributed by atoms with van der Waals surface area (Å²) in [6.07, 6.45) is 0. The summed E-state index contributed by atoms with van der Waals surface area (Å²) in [5, 5.41) is 5.34. The molecule has 2 aromatic carbocycles. The molecule has 0 fully saturated rings. The van der Waals surface area contributed by atoms with Crippen LogP contribution in [-0.2, 0) is 16.1 Å². The maximum absolute atomic E-state index is 13.2. The van der Waals surface area contributed by atoms with Crippen molar-refractivity contribution in [3.05, 3.63) is 65.5 Å². The molecular formula is C19H21FN2O2. The van der Waals surface area contributed by atoms with Crippen molar-refractivity contribution in [2.45, 2.75) is 27.3 Å². The van der Waals surface area contributed by atoms with Crippen LogP contribution in [0.25, 0.3) is 0 Å². The molecule has 0 saturated heterocycles. The van der Waals surface area contributed by atoms with Gasteiger partial charge in [0, 0.05) is 12.2 Å². The minimum atomic E-state index is -1.28. The second-order valence-corrected chi connectivity index (χ2v) is 6.26. The van der Waals surface area contributed by atoms with Gasteiger partial charge in [-0.25, -0.2) is 4.39 Å². The van der Waals surface area contributed by atoms with Crippen LogP contribution < -0.4 is 10.6 Å². The minimum Gasteiger partial charge on any atom is -0.351 e. The van der Waals surface area contributed by atoms with Crippen molar-refractivity contribution in [1.82, 2.24) is 5.32 Å². The predicted molar refractivity (Wildman–Crippen MR) is 91.8 cm³/mol. The van der Waals surface area contributed by atoms with Gasteiger partial charge >= 0.3 is 0 Å². The highest BCUT2D eigenvalue weighted by Gasteiger charge is 2.35. The van der Waals surface area contributed by atoms with Gasteiger partial charge < -0.3 is 10.6 Å². The second kappa shape index (κ2) is 7.25. The monoisotopic (exact) mass is 328 g/mol. The first-order valence-corrected chi connectivity index (χ1v) is 7.70. The molecule has 0 saturated carbocycles. The average Bonchev–Trinajstić information content (AvgIpc) is 2.52. The van der Waals surface area contributed by atoms with Gasteiger partial charge in [-0.15, -0.1) is 0 Å². The van der Waals surface area contributed by atoms with Gasteiger partial charge in [0.2, 0.25) is 11.8 Å². The van der Waals surface area contributed by atoms with Crippen molar-refractivity contribution in [3.63, 3.8) is 0 Å². The Morgan fingerprint density at radius 1 is 1.04 bits per heavy atom. The van der Waals surface area contributed by atoms with Gasteiger partial charge in [-0.2, -0.15) is 0 Å². The van der Waals surface area contributed by atoms with E-state index in [1.807, 2.05) is 31.2 Å². The van der Waals surface area contributed by atoms with Crippen molar-refractivity contribution in [2.75, 3.05) is 5.32 Å². The van der Waals surface area contributed by atoms with E-state index >= 15 is 0 Å². The summed E-state index contributed by atoms with van der Waals surface area (Å²) >= 11 is 0. The van der Waals surface area contributed by atoms with Crippen LogP contribution in [0, 0.1) is 18.2 Å². The van der Waals surface area contributed by atoms with Crippen LogP contribution >= 0.6 is 0 Å². The molecule has 0 aromatic heterocycles. The number of aryl methyl sites for hydroxylation is 1. The Kier molecular flexibility index (Phi) is 5.34. The van der Waals surface area contributed by atoms with Crippen molar-refractivity contribution >= 4 is 17.5 Å². The van der Waals surface area contributed by atoms with E-state index in [-0.39, 0.29) is 0 Å². The molecule has 0 atom stereocenters. The lowest BCUT2D eigenvalue weighted by atomic mass is 9.90. The second-order valence-electron chi connectivity index (χ2n) is 6.26. The molecule has 0 unspecified atom stereocenters. The quantitative estimate of drug-likeness (QED) is 0.826. The van der Waals surface area contributed by atoms with Crippen LogP contribution in [0.15, 0.2) is 48.5 Å². The molecule has 0 aliphatic rings. The van der Waals surface area contributed by atoms with E-state index in [1.165, 1.54) is 32.0 Å². The first-order valence-electron chi connectivity index (χ1n) is 7.70. The highest BCUT2D eigenvalue weighted by atomic mass is 19.1. The summed E-state index contributed by atoms with van der Waals surface area (Å²) in [5.41, 5.74) is 1.10. The molecule has 4 nitrogen and oxygen atoms in total. The third kappa shape index (κ3) is 4.41. The Bertz CT molecular complexity index is 757. The normalized spacial score (nSPS) is 11.0. The molecular weight excluding hydrogens is 307 g/mol. The Morgan fingerprint density at radius 2 is 1.75 bits per heavy atom. The van der Waals surface area contributed by atoms with E-state index in [0.29, 0.717) is 12.2 Å². The maximum atomic E-state index is 13.2. The zero-order chi connectivity index (χ0) is 17.7. The molecule has 5 heteroatoms. The van der Waals surface area contributed by atoms with Crippen LogP contribution in [0.2, 0.25) is 0 Å². The number of carbonyl (C=O) groups excluding carboxylic acids is 2. The Hall–Kier alpha value is -2.69. The summed E-state index contributed by atoms with van der Waals surface area (Å²) in [6.45, 7) is 5.39. The molecule has 0 radical (unpaired) electrons. The van der Waals surface area contributed by atoms with Gasteiger partial charge in [0.15, 0.2) is 0 Å². The summed E-state index contributed by atoms with van der Waals surface area (Å²) in [7, 11) is 0. The number of anilines is 1. The summed E-state index contributed by atoms with van der Waals surface area (Å²) in [6, 6.07) is 13.3. The van der Waals surface area contributed by atoms with Crippen molar-refractivity contribution < 1.29 is 14.0 Å². The molecule has 0 aliphatic carbocycles. The zero-order valence-electron chi connectivity index (χ0n) is 14.0. The van der Waals surface area contributed by atoms with E-state index in [4.69, 9.17) is 0 Å². The first kappa shape index (κ1) is 17.7. The lowest BCUT2D eigenvalue weighted by molar-refractivity contribution is -0.138. The van der Waals surface area contributed by atoms with Gasteiger partial charge in [-0.3, -0.25) is 9.59 Å².